The molecule has 0 aromatic heterocycles. The number of hydrogen-bond acceptors (Lipinski definition) is 3. The van der Waals surface area contributed by atoms with Gasteiger partial charge in [-0.15, -0.1) is 0 Å². The molecule has 0 aliphatic carbocycles. The van der Waals surface area contributed by atoms with Crippen molar-refractivity contribution in [3.63, 3.8) is 0 Å². The van der Waals surface area contributed by atoms with E-state index in [1.807, 2.05) is 6.92 Å². The van der Waals surface area contributed by atoms with Crippen molar-refractivity contribution in [2.75, 3.05) is 6.61 Å². The molecule has 0 spiro atoms. The van der Waals surface area contributed by atoms with Crippen LogP contribution in [-0.2, 0) is 4.74 Å². The van der Waals surface area contributed by atoms with Crippen LogP contribution in [-0.4, -0.2) is 23.6 Å². The van der Waals surface area contributed by atoms with Gasteiger partial charge in [-0.05, 0) is 6.92 Å². The quantitative estimate of drug-likeness (QED) is 0.392. The second-order valence-electron chi connectivity index (χ2n) is 2.30. The van der Waals surface area contributed by atoms with E-state index in [-0.39, 0.29) is 6.10 Å². The summed E-state index contributed by atoms with van der Waals surface area (Å²) in [7, 11) is 0. The van der Waals surface area contributed by atoms with E-state index in [0.717, 1.165) is 18.6 Å². The number of nitrogens with zero attached hydrogens (tertiary/aromatic N) is 1. The first-order valence-electron chi connectivity index (χ1n) is 3.14. The van der Waals surface area contributed by atoms with Crippen LogP contribution in [0.4, 0.5) is 0 Å². The molecule has 52 valence electrons. The molecular formula is C6H11NO2. The van der Waals surface area contributed by atoms with E-state index < -0.39 is 0 Å². The predicted molar refractivity (Wildman–Crippen MR) is 33.9 cm³/mol. The molecule has 1 rings (SSSR count). The van der Waals surface area contributed by atoms with E-state index in [2.05, 4.69) is 5.16 Å². The summed E-state index contributed by atoms with van der Waals surface area (Å²) in [6, 6.07) is 0. The Labute approximate surface area is 54.3 Å². The molecule has 0 aromatic rings. The molecule has 1 unspecified atom stereocenters. The first kappa shape index (κ1) is 6.55. The second-order valence-corrected chi connectivity index (χ2v) is 2.30. The van der Waals surface area contributed by atoms with E-state index in [9.17, 15) is 0 Å². The highest BCUT2D eigenvalue weighted by atomic mass is 16.5. The van der Waals surface area contributed by atoms with Crippen LogP contribution in [0.15, 0.2) is 5.16 Å². The first-order valence-corrected chi connectivity index (χ1v) is 3.14. The summed E-state index contributed by atoms with van der Waals surface area (Å²) in [5.74, 6) is 0. The van der Waals surface area contributed by atoms with Gasteiger partial charge in [-0.1, -0.05) is 5.16 Å². The molecule has 3 heteroatoms. The fourth-order valence-corrected chi connectivity index (χ4v) is 0.962. The minimum Gasteiger partial charge on any atom is -0.411 e. The van der Waals surface area contributed by atoms with Crippen LogP contribution in [0, 0.1) is 0 Å². The van der Waals surface area contributed by atoms with Gasteiger partial charge >= 0.3 is 0 Å². The Hall–Kier alpha value is -0.570. The van der Waals surface area contributed by atoms with Gasteiger partial charge in [0.1, 0.15) is 0 Å². The molecule has 9 heavy (non-hydrogen) atoms. The molecule has 1 atom stereocenters. The van der Waals surface area contributed by atoms with Crippen molar-refractivity contribution >= 4 is 5.71 Å². The van der Waals surface area contributed by atoms with Crippen molar-refractivity contribution in [3.8, 4) is 0 Å². The van der Waals surface area contributed by atoms with E-state index in [1.165, 1.54) is 0 Å². The Morgan fingerprint density at radius 3 is 3.00 bits per heavy atom. The average Bonchev–Trinajstić information content (AvgIpc) is 1.88. The predicted octanol–water partition coefficient (Wildman–Crippen LogP) is 1.02. The molecule has 1 N–H and O–H groups in total. The van der Waals surface area contributed by atoms with Crippen molar-refractivity contribution < 1.29 is 9.94 Å². The third-order valence-electron chi connectivity index (χ3n) is 1.46. The third kappa shape index (κ3) is 1.68. The first-order chi connectivity index (χ1) is 4.33. The highest BCUT2D eigenvalue weighted by molar-refractivity contribution is 5.84. The normalized spacial score (nSPS) is 33.0. The summed E-state index contributed by atoms with van der Waals surface area (Å²) in [5.41, 5.74) is 0.855. The Morgan fingerprint density at radius 1 is 1.78 bits per heavy atom. The zero-order valence-corrected chi connectivity index (χ0v) is 5.50. The Balaban J connectivity index is 2.41. The van der Waals surface area contributed by atoms with Crippen molar-refractivity contribution in [3.05, 3.63) is 0 Å². The standard InChI is InChI=1S/C6H11NO2/c1-5-4-6(7-8)2-3-9-5/h5,8H,2-4H2,1H3/b7-6-. The molecule has 0 bridgehead atoms. The fourth-order valence-electron chi connectivity index (χ4n) is 0.962. The minimum absolute atomic E-state index is 0.227. The van der Waals surface area contributed by atoms with Crippen LogP contribution in [0.2, 0.25) is 0 Å². The van der Waals surface area contributed by atoms with Gasteiger partial charge in [0.05, 0.1) is 18.4 Å². The van der Waals surface area contributed by atoms with Gasteiger partial charge in [-0.25, -0.2) is 0 Å². The van der Waals surface area contributed by atoms with Crippen LogP contribution in [0.3, 0.4) is 0 Å². The van der Waals surface area contributed by atoms with Gasteiger partial charge in [0.15, 0.2) is 0 Å². The smallest absolute Gasteiger partial charge is 0.0619 e. The summed E-state index contributed by atoms with van der Waals surface area (Å²) in [6.45, 7) is 2.67. The molecule has 0 aromatic carbocycles. The summed E-state index contributed by atoms with van der Waals surface area (Å²) in [6.07, 6.45) is 1.78. The highest BCUT2D eigenvalue weighted by Crippen LogP contribution is 2.09. The largest absolute Gasteiger partial charge is 0.411 e. The maximum atomic E-state index is 8.34. The number of rotatable bonds is 0. The molecule has 1 heterocycles. The van der Waals surface area contributed by atoms with Gasteiger partial charge in [0.25, 0.3) is 0 Å². The number of oxime groups is 1. The van der Waals surface area contributed by atoms with E-state index in [1.54, 1.807) is 0 Å². The van der Waals surface area contributed by atoms with Crippen LogP contribution < -0.4 is 0 Å². The molecule has 3 nitrogen and oxygen atoms in total. The molecule has 0 saturated carbocycles. The lowest BCUT2D eigenvalue weighted by Crippen LogP contribution is -2.22. The van der Waals surface area contributed by atoms with E-state index in [4.69, 9.17) is 9.94 Å². The zero-order chi connectivity index (χ0) is 6.69. The Morgan fingerprint density at radius 2 is 2.56 bits per heavy atom. The molecule has 1 fully saturated rings. The fraction of sp³-hybridized carbons (Fsp3) is 0.833. The van der Waals surface area contributed by atoms with Gasteiger partial charge in [0.2, 0.25) is 0 Å². The maximum Gasteiger partial charge on any atom is 0.0619 e. The third-order valence-corrected chi connectivity index (χ3v) is 1.46. The van der Waals surface area contributed by atoms with Crippen molar-refractivity contribution in [1.82, 2.24) is 0 Å². The summed E-state index contributed by atoms with van der Waals surface area (Å²) in [5, 5.41) is 11.5. The van der Waals surface area contributed by atoms with Crippen LogP contribution in [0.5, 0.6) is 0 Å². The molecule has 0 radical (unpaired) electrons. The van der Waals surface area contributed by atoms with Crippen molar-refractivity contribution in [2.45, 2.75) is 25.9 Å². The van der Waals surface area contributed by atoms with E-state index >= 15 is 0 Å². The lowest BCUT2D eigenvalue weighted by Gasteiger charge is -2.18. The highest BCUT2D eigenvalue weighted by Gasteiger charge is 2.13. The lowest BCUT2D eigenvalue weighted by molar-refractivity contribution is 0.0617. The monoisotopic (exact) mass is 129 g/mol. The van der Waals surface area contributed by atoms with Gasteiger partial charge in [-0.2, -0.15) is 0 Å². The van der Waals surface area contributed by atoms with Gasteiger partial charge in [-0.3, -0.25) is 0 Å². The zero-order valence-electron chi connectivity index (χ0n) is 5.50. The van der Waals surface area contributed by atoms with Crippen LogP contribution >= 0.6 is 0 Å². The van der Waals surface area contributed by atoms with Gasteiger partial charge < -0.3 is 9.94 Å². The maximum absolute atomic E-state index is 8.34. The van der Waals surface area contributed by atoms with Crippen LogP contribution in [0.1, 0.15) is 19.8 Å². The summed E-state index contributed by atoms with van der Waals surface area (Å²) < 4.78 is 5.22. The molecule has 0 amide bonds. The average molecular weight is 129 g/mol. The minimum atomic E-state index is 0.227. The molecule has 1 aliphatic rings. The van der Waals surface area contributed by atoms with Gasteiger partial charge in [0, 0.05) is 12.8 Å². The Bertz CT molecular complexity index is 122. The summed E-state index contributed by atoms with van der Waals surface area (Å²) in [4.78, 5) is 0. The number of ether oxygens (including phenoxy) is 1. The second kappa shape index (κ2) is 2.82. The molecule has 1 saturated heterocycles. The van der Waals surface area contributed by atoms with E-state index in [0.29, 0.717) is 6.61 Å². The molecular weight excluding hydrogens is 118 g/mol. The molecule has 1 aliphatic heterocycles. The SMILES string of the molecule is CC1C/C(=N\O)CCO1. The summed E-state index contributed by atoms with van der Waals surface area (Å²) >= 11 is 0. The topological polar surface area (TPSA) is 41.8 Å². The van der Waals surface area contributed by atoms with Crippen LogP contribution in [0.25, 0.3) is 0 Å². The lowest BCUT2D eigenvalue weighted by atomic mass is 10.1. The van der Waals surface area contributed by atoms with Crippen molar-refractivity contribution in [1.29, 1.82) is 0 Å². The Kier molecular flexibility index (Phi) is 2.05. The number of hydrogen-bond donors (Lipinski definition) is 1. The van der Waals surface area contributed by atoms with Crippen molar-refractivity contribution in [2.24, 2.45) is 5.16 Å².